The monoisotopic (exact) mass is 325 g/mol. The fraction of sp³-hybridized carbons (Fsp3) is 0.833. The summed E-state index contributed by atoms with van der Waals surface area (Å²) in [5, 5.41) is 8.49. The minimum atomic E-state index is -0.00463. The van der Waals surface area contributed by atoms with Crippen LogP contribution < -0.4 is 24.0 Å². The molecule has 2 nitrogen and oxygen atoms in total. The fourth-order valence-electron chi connectivity index (χ4n) is 1.79. The van der Waals surface area contributed by atoms with E-state index in [2.05, 4.69) is 32.6 Å². The number of quaternary nitrogens is 1. The highest BCUT2D eigenvalue weighted by Crippen LogP contribution is 2.07. The van der Waals surface area contributed by atoms with E-state index in [1.807, 2.05) is 0 Å². The van der Waals surface area contributed by atoms with Crippen molar-refractivity contribution in [3.05, 3.63) is 0 Å². The zero-order valence-electron chi connectivity index (χ0n) is 10.2. The van der Waals surface area contributed by atoms with Gasteiger partial charge in [0.15, 0.2) is 0 Å². The van der Waals surface area contributed by atoms with Crippen molar-refractivity contribution in [2.45, 2.75) is 33.6 Å². The number of rotatable bonds is 6. The van der Waals surface area contributed by atoms with Crippen molar-refractivity contribution in [2.24, 2.45) is 0 Å². The van der Waals surface area contributed by atoms with E-state index in [9.17, 15) is 0 Å². The second-order valence-electron chi connectivity index (χ2n) is 3.63. The largest absolute Gasteiger partial charge is 1.00 e. The van der Waals surface area contributed by atoms with Gasteiger partial charge < -0.3 is 33.6 Å². The Bertz CT molecular complexity index is 183. The fourth-order valence-corrected chi connectivity index (χ4v) is 1.79. The molecule has 0 spiro atoms. The third kappa shape index (κ3) is 7.15. The molecule has 0 aliphatic heterocycles. The Morgan fingerprint density at radius 3 is 1.93 bits per heavy atom. The van der Waals surface area contributed by atoms with Crippen LogP contribution in [0.25, 0.3) is 0 Å². The van der Waals surface area contributed by atoms with Gasteiger partial charge in [0.2, 0.25) is 0 Å². The molecular formula is C12H24INO. The maximum Gasteiger partial charge on any atom is 0.104 e. The van der Waals surface area contributed by atoms with Crippen LogP contribution in [0, 0.1) is 11.8 Å². The van der Waals surface area contributed by atoms with Crippen LogP contribution in [-0.4, -0.2) is 42.4 Å². The number of halogens is 1. The lowest BCUT2D eigenvalue weighted by molar-refractivity contribution is -0.923. The topological polar surface area (TPSA) is 20.2 Å². The molecule has 0 saturated heterocycles. The molecule has 3 heteroatoms. The van der Waals surface area contributed by atoms with Crippen molar-refractivity contribution in [3.8, 4) is 11.8 Å². The van der Waals surface area contributed by atoms with E-state index in [0.717, 1.165) is 12.8 Å². The van der Waals surface area contributed by atoms with Crippen LogP contribution in [0.2, 0.25) is 0 Å². The molecule has 0 fully saturated rings. The molecule has 0 aliphatic carbocycles. The van der Waals surface area contributed by atoms with Crippen LogP contribution >= 0.6 is 0 Å². The molecule has 15 heavy (non-hydrogen) atoms. The smallest absolute Gasteiger partial charge is 0.104 e. The van der Waals surface area contributed by atoms with Gasteiger partial charge in [0.1, 0.15) is 6.61 Å². The first-order valence-corrected chi connectivity index (χ1v) is 5.66. The van der Waals surface area contributed by atoms with E-state index in [1.54, 1.807) is 0 Å². The molecule has 0 radical (unpaired) electrons. The van der Waals surface area contributed by atoms with Gasteiger partial charge in [-0.15, -0.1) is 5.92 Å². The Morgan fingerprint density at radius 1 is 1.00 bits per heavy atom. The van der Waals surface area contributed by atoms with Gasteiger partial charge >= 0.3 is 0 Å². The third-order valence-electron chi connectivity index (χ3n) is 3.15. The lowest BCUT2D eigenvalue weighted by Crippen LogP contribution is -3.00. The second kappa shape index (κ2) is 10.7. The van der Waals surface area contributed by atoms with E-state index < -0.39 is 0 Å². The second-order valence-corrected chi connectivity index (χ2v) is 3.63. The summed E-state index contributed by atoms with van der Waals surface area (Å²) in [5.41, 5.74) is 0. The molecule has 1 N–H and O–H groups in total. The quantitative estimate of drug-likeness (QED) is 0.277. The van der Waals surface area contributed by atoms with E-state index in [1.165, 1.54) is 30.7 Å². The molecule has 0 aliphatic rings. The van der Waals surface area contributed by atoms with Gasteiger partial charge in [-0.3, -0.25) is 0 Å². The lowest BCUT2D eigenvalue weighted by Gasteiger charge is -2.35. The molecule has 0 aromatic rings. The van der Waals surface area contributed by atoms with Crippen LogP contribution in [0.15, 0.2) is 0 Å². The number of unbranched alkanes of at least 4 members (excludes halogenated alkanes) is 1. The van der Waals surface area contributed by atoms with Crippen LogP contribution in [0.1, 0.15) is 33.6 Å². The predicted molar refractivity (Wildman–Crippen MR) is 60.8 cm³/mol. The highest BCUT2D eigenvalue weighted by molar-refractivity contribution is 4.98. The maximum atomic E-state index is 8.49. The average Bonchev–Trinajstić information content (AvgIpc) is 2.24. The molecule has 0 bridgehead atoms. The van der Waals surface area contributed by atoms with Gasteiger partial charge in [0, 0.05) is 12.8 Å². The zero-order valence-corrected chi connectivity index (χ0v) is 12.4. The first-order valence-electron chi connectivity index (χ1n) is 5.66. The van der Waals surface area contributed by atoms with Gasteiger partial charge in [0.05, 0.1) is 26.2 Å². The first kappa shape index (κ1) is 17.6. The summed E-state index contributed by atoms with van der Waals surface area (Å²) < 4.78 is 1.20. The number of nitrogens with zero attached hydrogens (tertiary/aromatic N) is 1. The van der Waals surface area contributed by atoms with Crippen LogP contribution in [0.3, 0.4) is 0 Å². The van der Waals surface area contributed by atoms with E-state index in [-0.39, 0.29) is 30.6 Å². The van der Waals surface area contributed by atoms with Gasteiger partial charge in [-0.1, -0.05) is 5.92 Å². The molecule has 0 aromatic heterocycles. The Hall–Kier alpha value is 0.210. The molecule has 0 heterocycles. The standard InChI is InChI=1S/C12H24NO.HI/c1-4-13(5-2,6-3)11-9-7-8-10-12-14;/h14H,4-7,9,11-12H2,1-3H3;1H/q+1;/p-1. The molecule has 0 amide bonds. The Morgan fingerprint density at radius 2 is 1.53 bits per heavy atom. The molecule has 0 saturated carbocycles. The zero-order chi connectivity index (χ0) is 10.9. The lowest BCUT2D eigenvalue weighted by atomic mass is 10.2. The number of aliphatic hydroxyl groups is 1. The Kier molecular flexibility index (Phi) is 12.6. The summed E-state index contributed by atoms with van der Waals surface area (Å²) in [6, 6.07) is 0. The van der Waals surface area contributed by atoms with Gasteiger partial charge in [-0.25, -0.2) is 0 Å². The SMILES string of the molecule is CC[N+](CC)(CC)CCCC#CCO.[I-]. The van der Waals surface area contributed by atoms with Gasteiger partial charge in [-0.05, 0) is 20.8 Å². The molecule has 0 unspecified atom stereocenters. The Labute approximate surface area is 112 Å². The highest BCUT2D eigenvalue weighted by atomic mass is 127. The molecule has 0 aromatic carbocycles. The molecular weight excluding hydrogens is 301 g/mol. The minimum absolute atomic E-state index is 0. The third-order valence-corrected chi connectivity index (χ3v) is 3.15. The van der Waals surface area contributed by atoms with E-state index in [0.29, 0.717) is 0 Å². The highest BCUT2D eigenvalue weighted by Gasteiger charge is 2.18. The molecule has 0 rings (SSSR count). The van der Waals surface area contributed by atoms with Gasteiger partial charge in [-0.2, -0.15) is 0 Å². The number of hydrogen-bond donors (Lipinski definition) is 1. The number of aliphatic hydroxyl groups excluding tert-OH is 1. The van der Waals surface area contributed by atoms with Crippen LogP contribution in [0.4, 0.5) is 0 Å². The minimum Gasteiger partial charge on any atom is -1.00 e. The van der Waals surface area contributed by atoms with Gasteiger partial charge in [0.25, 0.3) is 0 Å². The maximum absolute atomic E-state index is 8.49. The van der Waals surface area contributed by atoms with Crippen LogP contribution in [-0.2, 0) is 0 Å². The summed E-state index contributed by atoms with van der Waals surface area (Å²) >= 11 is 0. The molecule has 0 atom stereocenters. The summed E-state index contributed by atoms with van der Waals surface area (Å²) in [5.74, 6) is 5.66. The average molecular weight is 325 g/mol. The van der Waals surface area contributed by atoms with Crippen molar-refractivity contribution in [2.75, 3.05) is 32.8 Å². The van der Waals surface area contributed by atoms with Crippen molar-refractivity contribution in [3.63, 3.8) is 0 Å². The van der Waals surface area contributed by atoms with Crippen LogP contribution in [0.5, 0.6) is 0 Å². The first-order chi connectivity index (χ1) is 6.74. The van der Waals surface area contributed by atoms with Crippen molar-refractivity contribution >= 4 is 0 Å². The predicted octanol–water partition coefficient (Wildman–Crippen LogP) is -1.36. The van der Waals surface area contributed by atoms with Crippen molar-refractivity contribution in [1.82, 2.24) is 0 Å². The summed E-state index contributed by atoms with van der Waals surface area (Å²) in [7, 11) is 0. The normalized spacial score (nSPS) is 10.1. The summed E-state index contributed by atoms with van der Waals surface area (Å²) in [6.45, 7) is 11.6. The van der Waals surface area contributed by atoms with E-state index in [4.69, 9.17) is 5.11 Å². The summed E-state index contributed by atoms with van der Waals surface area (Å²) in [6.07, 6.45) is 2.06. The van der Waals surface area contributed by atoms with Crippen molar-refractivity contribution < 1.29 is 33.6 Å². The Balaban J connectivity index is 0. The van der Waals surface area contributed by atoms with Crippen molar-refractivity contribution in [1.29, 1.82) is 0 Å². The molecule has 90 valence electrons. The number of hydrogen-bond acceptors (Lipinski definition) is 1. The van der Waals surface area contributed by atoms with E-state index >= 15 is 0 Å². The summed E-state index contributed by atoms with van der Waals surface area (Å²) in [4.78, 5) is 0.